The zero-order valence-electron chi connectivity index (χ0n) is 36.3. The van der Waals surface area contributed by atoms with Gasteiger partial charge in [-0.3, -0.25) is 0 Å². The third kappa shape index (κ3) is 7.61. The van der Waals surface area contributed by atoms with Crippen molar-refractivity contribution in [3.05, 3.63) is 266 Å². The van der Waals surface area contributed by atoms with Gasteiger partial charge < -0.3 is 9.80 Å². The second-order valence-corrected chi connectivity index (χ2v) is 17.1. The van der Waals surface area contributed by atoms with Crippen molar-refractivity contribution in [3.63, 3.8) is 0 Å². The lowest BCUT2D eigenvalue weighted by Crippen LogP contribution is -2.10. The predicted molar refractivity (Wildman–Crippen MR) is 284 cm³/mol. The zero-order chi connectivity index (χ0) is 43.8. The molecule has 12 aromatic rings. The highest BCUT2D eigenvalue weighted by atomic mass is 15.1. The molecule has 0 saturated heterocycles. The van der Waals surface area contributed by atoms with Gasteiger partial charge in [0.2, 0.25) is 0 Å². The monoisotopic (exact) mass is 840 g/mol. The molecule has 0 bridgehead atoms. The van der Waals surface area contributed by atoms with Gasteiger partial charge in [-0.05, 0) is 155 Å². The number of benzene rings is 12. The smallest absolute Gasteiger partial charge is 0.0468 e. The maximum absolute atomic E-state index is 2.37. The van der Waals surface area contributed by atoms with Crippen molar-refractivity contribution in [2.24, 2.45) is 0 Å². The molecule has 310 valence electrons. The molecule has 0 radical (unpaired) electrons. The summed E-state index contributed by atoms with van der Waals surface area (Å²) in [6, 6.07) is 92.5. The van der Waals surface area contributed by atoms with Crippen LogP contribution in [0.5, 0.6) is 0 Å². The highest BCUT2D eigenvalue weighted by Crippen LogP contribution is 2.40. The van der Waals surface area contributed by atoms with Gasteiger partial charge in [0.15, 0.2) is 0 Å². The summed E-state index contributed by atoms with van der Waals surface area (Å²) in [7, 11) is 0. The van der Waals surface area contributed by atoms with Crippen LogP contribution in [0.3, 0.4) is 0 Å². The lowest BCUT2D eigenvalue weighted by molar-refractivity contribution is 1.29. The van der Waals surface area contributed by atoms with E-state index < -0.39 is 0 Å². The molecule has 0 aromatic heterocycles. The van der Waals surface area contributed by atoms with Crippen LogP contribution in [0, 0.1) is 0 Å². The third-order valence-electron chi connectivity index (χ3n) is 12.9. The Bertz CT molecular complexity index is 3610. The van der Waals surface area contributed by atoms with Crippen LogP contribution < -0.4 is 9.80 Å². The molecule has 0 saturated carbocycles. The van der Waals surface area contributed by atoms with Crippen molar-refractivity contribution in [3.8, 4) is 11.1 Å². The normalized spacial score (nSPS) is 11.6. The van der Waals surface area contributed by atoms with Crippen molar-refractivity contribution < 1.29 is 0 Å². The van der Waals surface area contributed by atoms with Gasteiger partial charge in [-0.25, -0.2) is 0 Å². The summed E-state index contributed by atoms with van der Waals surface area (Å²) < 4.78 is 0. The molecule has 0 heterocycles. The van der Waals surface area contributed by atoms with Crippen LogP contribution in [0.1, 0.15) is 11.1 Å². The Labute approximate surface area is 385 Å². The Morgan fingerprint density at radius 3 is 0.848 bits per heavy atom. The topological polar surface area (TPSA) is 6.48 Å². The molecule has 66 heavy (non-hydrogen) atoms. The Kier molecular flexibility index (Phi) is 9.89. The van der Waals surface area contributed by atoms with Gasteiger partial charge in [0.25, 0.3) is 0 Å². The van der Waals surface area contributed by atoms with E-state index in [2.05, 4.69) is 277 Å². The molecule has 0 N–H and O–H groups in total. The standard InChI is InChI=1S/C64H44N2/c1-5-13-52-40-60(34-27-47(52)9-1)65(61-35-28-48-10-2-6-14-53(48)41-61)59-32-21-46(22-33-59)18-17-45-19-23-51(24-20-45)56-25-26-58-44-64(38-31-57(58)39-56)66(62-36-29-49-11-3-7-15-54(49)42-62)63-37-30-50-12-4-8-16-55(50)43-63/h1-44H/b18-17+. The summed E-state index contributed by atoms with van der Waals surface area (Å²) in [5, 5.41) is 12.2. The van der Waals surface area contributed by atoms with E-state index in [-0.39, 0.29) is 0 Å². The first-order chi connectivity index (χ1) is 32.6. The van der Waals surface area contributed by atoms with Gasteiger partial charge in [-0.1, -0.05) is 188 Å². The molecular formula is C64H44N2. The minimum Gasteiger partial charge on any atom is -0.310 e. The third-order valence-corrected chi connectivity index (χ3v) is 12.9. The average molecular weight is 841 g/mol. The Balaban J connectivity index is 0.799. The van der Waals surface area contributed by atoms with Crippen LogP contribution in [-0.4, -0.2) is 0 Å². The largest absolute Gasteiger partial charge is 0.310 e. The minimum atomic E-state index is 1.11. The molecule has 0 aliphatic heterocycles. The van der Waals surface area contributed by atoms with Gasteiger partial charge in [0.1, 0.15) is 0 Å². The van der Waals surface area contributed by atoms with Crippen molar-refractivity contribution >= 4 is 100 Å². The molecule has 0 unspecified atom stereocenters. The molecule has 2 nitrogen and oxygen atoms in total. The van der Waals surface area contributed by atoms with E-state index >= 15 is 0 Å². The molecule has 12 aromatic carbocycles. The van der Waals surface area contributed by atoms with Gasteiger partial charge >= 0.3 is 0 Å². The van der Waals surface area contributed by atoms with Gasteiger partial charge in [0, 0.05) is 34.1 Å². The van der Waals surface area contributed by atoms with E-state index in [0.717, 1.165) is 45.3 Å². The molecule has 0 aliphatic rings. The quantitative estimate of drug-likeness (QED) is 0.134. The number of fused-ring (bicyclic) bond motifs is 5. The Morgan fingerprint density at radius 2 is 0.455 bits per heavy atom. The number of rotatable bonds is 9. The Morgan fingerprint density at radius 1 is 0.197 bits per heavy atom. The summed E-state index contributed by atoms with van der Waals surface area (Å²) in [6.07, 6.45) is 4.39. The van der Waals surface area contributed by atoms with Crippen molar-refractivity contribution in [2.45, 2.75) is 0 Å². The van der Waals surface area contributed by atoms with E-state index in [0.29, 0.717) is 0 Å². The number of nitrogens with zero attached hydrogens (tertiary/aromatic N) is 2. The van der Waals surface area contributed by atoms with E-state index in [4.69, 9.17) is 0 Å². The van der Waals surface area contributed by atoms with Gasteiger partial charge in [0.05, 0.1) is 0 Å². The highest BCUT2D eigenvalue weighted by molar-refractivity contribution is 5.97. The average Bonchev–Trinajstić information content (AvgIpc) is 3.38. The molecule has 0 atom stereocenters. The van der Waals surface area contributed by atoms with Crippen LogP contribution >= 0.6 is 0 Å². The first kappa shape index (κ1) is 38.9. The molecule has 0 amide bonds. The molecule has 0 spiro atoms. The fourth-order valence-electron chi connectivity index (χ4n) is 9.42. The lowest BCUT2D eigenvalue weighted by atomic mass is 9.99. The van der Waals surface area contributed by atoms with Gasteiger partial charge in [-0.2, -0.15) is 0 Å². The first-order valence-electron chi connectivity index (χ1n) is 22.6. The zero-order valence-corrected chi connectivity index (χ0v) is 36.3. The lowest BCUT2D eigenvalue weighted by Gasteiger charge is -2.26. The first-order valence-corrected chi connectivity index (χ1v) is 22.6. The molecule has 12 rings (SSSR count). The van der Waals surface area contributed by atoms with Crippen LogP contribution in [0.2, 0.25) is 0 Å². The van der Waals surface area contributed by atoms with E-state index in [9.17, 15) is 0 Å². The fourth-order valence-corrected chi connectivity index (χ4v) is 9.42. The second-order valence-electron chi connectivity index (χ2n) is 17.1. The molecule has 2 heteroatoms. The van der Waals surface area contributed by atoms with Crippen LogP contribution in [0.4, 0.5) is 34.1 Å². The minimum absolute atomic E-state index is 1.11. The van der Waals surface area contributed by atoms with Crippen LogP contribution in [-0.2, 0) is 0 Å². The SMILES string of the molecule is C(=C\c1ccc(N(c2ccc3ccccc3c2)c2ccc3ccccc3c2)cc1)/c1ccc(-c2ccc3cc(N(c4ccc5ccccc5c4)c4ccc5ccccc5c4)ccc3c2)cc1. The summed E-state index contributed by atoms with van der Waals surface area (Å²) >= 11 is 0. The number of hydrogen-bond donors (Lipinski definition) is 0. The predicted octanol–water partition coefficient (Wildman–Crippen LogP) is 18.2. The summed E-state index contributed by atoms with van der Waals surface area (Å²) in [4.78, 5) is 4.73. The van der Waals surface area contributed by atoms with Crippen molar-refractivity contribution in [2.75, 3.05) is 9.80 Å². The van der Waals surface area contributed by atoms with E-state index in [1.54, 1.807) is 0 Å². The van der Waals surface area contributed by atoms with E-state index in [1.165, 1.54) is 65.0 Å². The van der Waals surface area contributed by atoms with Crippen molar-refractivity contribution in [1.82, 2.24) is 0 Å². The summed E-state index contributed by atoms with van der Waals surface area (Å²) in [5.41, 5.74) is 11.5. The second kappa shape index (κ2) is 16.8. The summed E-state index contributed by atoms with van der Waals surface area (Å²) in [5.74, 6) is 0. The van der Waals surface area contributed by atoms with Crippen LogP contribution in [0.25, 0.3) is 77.1 Å². The molecule has 0 aliphatic carbocycles. The molecular weight excluding hydrogens is 797 g/mol. The highest BCUT2D eigenvalue weighted by Gasteiger charge is 2.16. The number of hydrogen-bond acceptors (Lipinski definition) is 2. The maximum Gasteiger partial charge on any atom is 0.0468 e. The fraction of sp³-hybridized carbons (Fsp3) is 0. The van der Waals surface area contributed by atoms with Gasteiger partial charge in [-0.15, -0.1) is 0 Å². The maximum atomic E-state index is 2.37. The molecule has 0 fully saturated rings. The summed E-state index contributed by atoms with van der Waals surface area (Å²) in [6.45, 7) is 0. The Hall–Kier alpha value is -8.72. The number of anilines is 6. The van der Waals surface area contributed by atoms with Crippen molar-refractivity contribution in [1.29, 1.82) is 0 Å². The van der Waals surface area contributed by atoms with Crippen LogP contribution in [0.15, 0.2) is 255 Å². The van der Waals surface area contributed by atoms with E-state index in [1.807, 2.05) is 0 Å².